The number of halogens is 1. The van der Waals surface area contributed by atoms with E-state index in [0.29, 0.717) is 5.92 Å². The van der Waals surface area contributed by atoms with Gasteiger partial charge in [-0.15, -0.1) is 0 Å². The summed E-state index contributed by atoms with van der Waals surface area (Å²) in [4.78, 5) is 11.1. The van der Waals surface area contributed by atoms with Crippen LogP contribution in [0.2, 0.25) is 0 Å². The van der Waals surface area contributed by atoms with E-state index in [4.69, 9.17) is 11.6 Å². The molecular formula is C10H15ClO. The first kappa shape index (κ1) is 8.55. The van der Waals surface area contributed by atoms with Gasteiger partial charge in [-0.3, -0.25) is 4.79 Å². The van der Waals surface area contributed by atoms with Gasteiger partial charge in [0.1, 0.15) is 0 Å². The Balaban J connectivity index is 2.04. The zero-order valence-electron chi connectivity index (χ0n) is 7.26. The summed E-state index contributed by atoms with van der Waals surface area (Å²) in [5, 5.41) is -0.0830. The van der Waals surface area contributed by atoms with Crippen molar-refractivity contribution in [3.8, 4) is 0 Å². The lowest BCUT2D eigenvalue weighted by molar-refractivity contribution is -0.118. The molecule has 3 atom stereocenters. The fourth-order valence-corrected chi connectivity index (χ4v) is 3.20. The van der Waals surface area contributed by atoms with Gasteiger partial charge in [0.05, 0.1) is 0 Å². The van der Waals surface area contributed by atoms with Crippen molar-refractivity contribution in [1.29, 1.82) is 0 Å². The molecule has 0 amide bonds. The fourth-order valence-electron chi connectivity index (χ4n) is 2.91. The van der Waals surface area contributed by atoms with Crippen molar-refractivity contribution < 1.29 is 4.79 Å². The predicted molar refractivity (Wildman–Crippen MR) is 49.0 cm³/mol. The van der Waals surface area contributed by atoms with Gasteiger partial charge in [0.2, 0.25) is 5.24 Å². The van der Waals surface area contributed by atoms with Crippen LogP contribution in [0.15, 0.2) is 0 Å². The Labute approximate surface area is 78.5 Å². The van der Waals surface area contributed by atoms with E-state index in [-0.39, 0.29) is 11.2 Å². The van der Waals surface area contributed by atoms with Crippen molar-refractivity contribution >= 4 is 16.8 Å². The monoisotopic (exact) mass is 186 g/mol. The average Bonchev–Trinajstić information content (AvgIpc) is 2.04. The van der Waals surface area contributed by atoms with Crippen LogP contribution in [0.5, 0.6) is 0 Å². The quantitative estimate of drug-likeness (QED) is 0.576. The maximum Gasteiger partial charge on any atom is 0.224 e. The topological polar surface area (TPSA) is 17.1 Å². The lowest BCUT2D eigenvalue weighted by Gasteiger charge is -2.38. The van der Waals surface area contributed by atoms with Gasteiger partial charge in [-0.2, -0.15) is 0 Å². The van der Waals surface area contributed by atoms with E-state index in [1.54, 1.807) is 0 Å². The van der Waals surface area contributed by atoms with E-state index < -0.39 is 0 Å². The van der Waals surface area contributed by atoms with Crippen LogP contribution in [0.4, 0.5) is 0 Å². The molecule has 2 rings (SSSR count). The number of fused-ring (bicyclic) bond motifs is 2. The van der Waals surface area contributed by atoms with Crippen LogP contribution >= 0.6 is 11.6 Å². The zero-order valence-corrected chi connectivity index (χ0v) is 8.02. The molecule has 0 radical (unpaired) electrons. The van der Waals surface area contributed by atoms with Gasteiger partial charge in [0, 0.05) is 5.92 Å². The smallest absolute Gasteiger partial charge is 0.224 e. The molecule has 0 heterocycles. The molecule has 0 aromatic carbocycles. The normalized spacial score (nSPS) is 40.9. The summed E-state index contributed by atoms with van der Waals surface area (Å²) in [6, 6.07) is 0. The summed E-state index contributed by atoms with van der Waals surface area (Å²) in [6.07, 6.45) is 7.50. The lowest BCUT2D eigenvalue weighted by atomic mass is 9.67. The van der Waals surface area contributed by atoms with Crippen molar-refractivity contribution in [3.63, 3.8) is 0 Å². The maximum absolute atomic E-state index is 11.1. The first-order chi connectivity index (χ1) is 5.77. The van der Waals surface area contributed by atoms with E-state index in [1.165, 1.54) is 32.1 Å². The van der Waals surface area contributed by atoms with E-state index >= 15 is 0 Å². The van der Waals surface area contributed by atoms with Crippen molar-refractivity contribution in [2.24, 2.45) is 17.8 Å². The second kappa shape index (κ2) is 3.37. The van der Waals surface area contributed by atoms with Crippen molar-refractivity contribution in [3.05, 3.63) is 0 Å². The molecule has 0 aliphatic heterocycles. The third kappa shape index (κ3) is 1.52. The van der Waals surface area contributed by atoms with Crippen LogP contribution < -0.4 is 0 Å². The largest absolute Gasteiger partial charge is 0.281 e. The Morgan fingerprint density at radius 3 is 2.75 bits per heavy atom. The molecule has 2 heteroatoms. The molecule has 3 unspecified atom stereocenters. The van der Waals surface area contributed by atoms with Crippen LogP contribution in [0.25, 0.3) is 0 Å². The molecule has 2 aliphatic carbocycles. The van der Waals surface area contributed by atoms with Crippen molar-refractivity contribution in [2.45, 2.75) is 38.5 Å². The molecule has 12 heavy (non-hydrogen) atoms. The average molecular weight is 187 g/mol. The van der Waals surface area contributed by atoms with Crippen molar-refractivity contribution in [1.82, 2.24) is 0 Å². The van der Waals surface area contributed by atoms with Gasteiger partial charge < -0.3 is 0 Å². The molecule has 2 bridgehead atoms. The summed E-state index contributed by atoms with van der Waals surface area (Å²) in [7, 11) is 0. The summed E-state index contributed by atoms with van der Waals surface area (Å²) in [6.45, 7) is 0. The third-order valence-electron chi connectivity index (χ3n) is 3.57. The van der Waals surface area contributed by atoms with E-state index in [2.05, 4.69) is 0 Å². The highest BCUT2D eigenvalue weighted by atomic mass is 35.5. The Kier molecular flexibility index (Phi) is 2.40. The first-order valence-corrected chi connectivity index (χ1v) is 5.34. The van der Waals surface area contributed by atoms with Gasteiger partial charge in [0.25, 0.3) is 0 Å². The highest BCUT2D eigenvalue weighted by Gasteiger charge is 2.36. The summed E-state index contributed by atoms with van der Waals surface area (Å²) >= 11 is 5.56. The maximum atomic E-state index is 11.1. The summed E-state index contributed by atoms with van der Waals surface area (Å²) in [5.74, 6) is 1.74. The first-order valence-electron chi connectivity index (χ1n) is 4.96. The van der Waals surface area contributed by atoms with Gasteiger partial charge in [-0.05, 0) is 49.1 Å². The number of hydrogen-bond donors (Lipinski definition) is 0. The molecule has 0 aromatic heterocycles. The van der Waals surface area contributed by atoms with Gasteiger partial charge >= 0.3 is 0 Å². The molecule has 2 aliphatic rings. The van der Waals surface area contributed by atoms with Crippen LogP contribution in [-0.2, 0) is 4.79 Å². The van der Waals surface area contributed by atoms with Gasteiger partial charge in [-0.1, -0.05) is 12.8 Å². The Hall–Kier alpha value is -0.0400. The molecular weight excluding hydrogens is 172 g/mol. The molecule has 0 aromatic rings. The summed E-state index contributed by atoms with van der Waals surface area (Å²) < 4.78 is 0. The molecule has 2 fully saturated rings. The van der Waals surface area contributed by atoms with Crippen LogP contribution in [0.3, 0.4) is 0 Å². The molecule has 0 N–H and O–H groups in total. The zero-order chi connectivity index (χ0) is 8.55. The number of carbonyl (C=O) groups is 1. The lowest BCUT2D eigenvalue weighted by Crippen LogP contribution is -2.31. The van der Waals surface area contributed by atoms with E-state index in [1.807, 2.05) is 0 Å². The minimum Gasteiger partial charge on any atom is -0.281 e. The third-order valence-corrected chi connectivity index (χ3v) is 3.85. The Bertz CT molecular complexity index is 190. The SMILES string of the molecule is O=C(Cl)C1CCC2CCCC1C2. The van der Waals surface area contributed by atoms with E-state index in [9.17, 15) is 4.79 Å². The minimum absolute atomic E-state index is 0.0830. The summed E-state index contributed by atoms with van der Waals surface area (Å²) in [5.41, 5.74) is 0. The second-order valence-electron chi connectivity index (χ2n) is 4.28. The number of hydrogen-bond acceptors (Lipinski definition) is 1. The molecule has 68 valence electrons. The highest BCUT2D eigenvalue weighted by molar-refractivity contribution is 6.64. The van der Waals surface area contributed by atoms with Crippen molar-refractivity contribution in [2.75, 3.05) is 0 Å². The minimum atomic E-state index is -0.0830. The Morgan fingerprint density at radius 2 is 2.00 bits per heavy atom. The standard InChI is InChI=1S/C10H15ClO/c11-10(12)9-5-4-7-2-1-3-8(9)6-7/h7-9H,1-6H2. The van der Waals surface area contributed by atoms with Gasteiger partial charge in [0.15, 0.2) is 0 Å². The van der Waals surface area contributed by atoms with E-state index in [0.717, 1.165) is 12.3 Å². The van der Waals surface area contributed by atoms with Crippen LogP contribution in [0, 0.1) is 17.8 Å². The molecule has 0 saturated heterocycles. The fraction of sp³-hybridized carbons (Fsp3) is 0.900. The molecule has 1 nitrogen and oxygen atoms in total. The number of carbonyl (C=O) groups excluding carboxylic acids is 1. The van der Waals surface area contributed by atoms with Crippen LogP contribution in [-0.4, -0.2) is 5.24 Å². The predicted octanol–water partition coefficient (Wildman–Crippen LogP) is 2.97. The number of rotatable bonds is 1. The van der Waals surface area contributed by atoms with Gasteiger partial charge in [-0.25, -0.2) is 0 Å². The second-order valence-corrected chi connectivity index (χ2v) is 4.65. The Morgan fingerprint density at radius 1 is 1.17 bits per heavy atom. The highest BCUT2D eigenvalue weighted by Crippen LogP contribution is 2.43. The van der Waals surface area contributed by atoms with Crippen LogP contribution in [0.1, 0.15) is 38.5 Å². The molecule has 0 spiro atoms. The molecule has 2 saturated carbocycles.